The zero-order chi connectivity index (χ0) is 27.9. The maximum atomic E-state index is 15.0. The van der Waals surface area contributed by atoms with Crippen LogP contribution in [0.3, 0.4) is 0 Å². The number of aryl methyl sites for hydroxylation is 1. The number of benzene rings is 1. The van der Waals surface area contributed by atoms with Crippen LogP contribution >= 0.6 is 11.6 Å². The van der Waals surface area contributed by atoms with Gasteiger partial charge in [0, 0.05) is 31.8 Å². The summed E-state index contributed by atoms with van der Waals surface area (Å²) >= 11 is 6.83. The topological polar surface area (TPSA) is 60.8 Å². The van der Waals surface area contributed by atoms with Gasteiger partial charge in [0.2, 0.25) is 6.41 Å². The second kappa shape index (κ2) is 13.2. The lowest BCUT2D eigenvalue weighted by Gasteiger charge is -2.34. The number of amidine groups is 1. The molecule has 0 aliphatic heterocycles. The van der Waals surface area contributed by atoms with E-state index in [0.29, 0.717) is 52.9 Å². The average molecular weight is 550 g/mol. The van der Waals surface area contributed by atoms with Crippen LogP contribution in [0, 0.1) is 0 Å². The van der Waals surface area contributed by atoms with E-state index in [0.717, 1.165) is 37.8 Å². The van der Waals surface area contributed by atoms with E-state index in [4.69, 9.17) is 21.6 Å². The quantitative estimate of drug-likeness (QED) is 0.155. The van der Waals surface area contributed by atoms with E-state index in [1.807, 2.05) is 31.3 Å². The maximum Gasteiger partial charge on any atom is 0.215 e. The molecule has 4 rings (SSSR count). The van der Waals surface area contributed by atoms with Crippen LogP contribution in [0.1, 0.15) is 61.0 Å². The molecule has 1 aromatic heterocycles. The van der Waals surface area contributed by atoms with E-state index < -0.39 is 0 Å². The lowest BCUT2D eigenvalue weighted by Crippen LogP contribution is -2.45. The summed E-state index contributed by atoms with van der Waals surface area (Å²) in [6.07, 6.45) is 9.79. The number of likely N-dealkylation sites (N-methyl/N-ethyl adjacent to an activating group) is 1. The van der Waals surface area contributed by atoms with Gasteiger partial charge in [0.25, 0.3) is 0 Å². The number of nitrogens with zero attached hydrogens (tertiary/aromatic N) is 4. The van der Waals surface area contributed by atoms with Crippen LogP contribution in [0.2, 0.25) is 5.02 Å². The first-order valence-electron chi connectivity index (χ1n) is 13.5. The van der Waals surface area contributed by atoms with Gasteiger partial charge in [-0.15, -0.1) is 6.58 Å². The molecular weight excluding hydrogens is 513 g/mol. The van der Waals surface area contributed by atoms with Crippen molar-refractivity contribution in [2.24, 2.45) is 4.99 Å². The zero-order valence-electron chi connectivity index (χ0n) is 23.0. The summed E-state index contributed by atoms with van der Waals surface area (Å²) in [4.78, 5) is 26.4. The van der Waals surface area contributed by atoms with Gasteiger partial charge in [0.15, 0.2) is 0 Å². The van der Waals surface area contributed by atoms with E-state index in [2.05, 4.69) is 35.9 Å². The number of aromatic nitrogens is 1. The van der Waals surface area contributed by atoms with Gasteiger partial charge < -0.3 is 10.2 Å². The third-order valence-corrected chi connectivity index (χ3v) is 7.72. The number of allylic oxidation sites excluding steroid dienone is 4. The van der Waals surface area contributed by atoms with Crippen molar-refractivity contribution >= 4 is 35.2 Å². The van der Waals surface area contributed by atoms with Crippen LogP contribution in [0.4, 0.5) is 10.2 Å². The summed E-state index contributed by atoms with van der Waals surface area (Å²) in [5.41, 5.74) is 3.64. The standard InChI is InChI=1S/C31H37ClFN5O/c1-5-6-17-37(21(2)19-34-3)30(35-4)25-18-26(32)29(24-13-9-10-14-27(24)33)36-31(25)38(20-39)28-16-15-22-11-7-8-12-23(22)28/h5,7-8,11-14,18,20-21,28,34H,1,6,9-10,15-17,19H2,2-4H3. The summed E-state index contributed by atoms with van der Waals surface area (Å²) in [5, 5.41) is 3.56. The van der Waals surface area contributed by atoms with Crippen LogP contribution in [0.5, 0.6) is 0 Å². The van der Waals surface area contributed by atoms with Crippen molar-refractivity contribution in [1.82, 2.24) is 15.2 Å². The van der Waals surface area contributed by atoms with Crippen LogP contribution < -0.4 is 10.2 Å². The van der Waals surface area contributed by atoms with Crippen molar-refractivity contribution in [3.05, 3.63) is 88.4 Å². The number of fused-ring (bicyclic) bond motifs is 1. The molecule has 1 heterocycles. The summed E-state index contributed by atoms with van der Waals surface area (Å²) in [6.45, 7) is 7.41. The molecule has 6 nitrogen and oxygen atoms in total. The molecule has 0 saturated carbocycles. The van der Waals surface area contributed by atoms with Crippen molar-refractivity contribution in [1.29, 1.82) is 0 Å². The smallest absolute Gasteiger partial charge is 0.215 e. The number of hydrogen-bond donors (Lipinski definition) is 1. The number of anilines is 1. The Morgan fingerprint density at radius 3 is 2.79 bits per heavy atom. The van der Waals surface area contributed by atoms with E-state index in [-0.39, 0.29) is 17.9 Å². The van der Waals surface area contributed by atoms with Gasteiger partial charge in [-0.2, -0.15) is 0 Å². The monoisotopic (exact) mass is 549 g/mol. The molecule has 0 saturated heterocycles. The number of carbonyl (C=O) groups is 1. The van der Waals surface area contributed by atoms with Gasteiger partial charge in [-0.05, 0) is 69.3 Å². The molecule has 206 valence electrons. The summed E-state index contributed by atoms with van der Waals surface area (Å²) in [6, 6.07) is 9.84. The van der Waals surface area contributed by atoms with Gasteiger partial charge >= 0.3 is 0 Å². The van der Waals surface area contributed by atoms with Crippen LogP contribution in [0.25, 0.3) is 5.57 Å². The highest BCUT2D eigenvalue weighted by Crippen LogP contribution is 2.41. The Morgan fingerprint density at radius 1 is 1.33 bits per heavy atom. The molecule has 2 unspecified atom stereocenters. The first-order valence-corrected chi connectivity index (χ1v) is 13.9. The SMILES string of the molecule is C=CCCN(C(=NC)c1cc(Cl)c(C2=CCCC=C2F)nc1N(C=O)C1CCc2ccccc21)C(C)CNC. The Labute approximate surface area is 236 Å². The minimum absolute atomic E-state index is 0.0817. The summed E-state index contributed by atoms with van der Waals surface area (Å²) < 4.78 is 15.0. The Hall–Kier alpha value is -3.29. The number of aliphatic imine (C=N–C) groups is 1. The summed E-state index contributed by atoms with van der Waals surface area (Å²) in [5.74, 6) is 0.742. The molecule has 0 radical (unpaired) electrons. The van der Waals surface area contributed by atoms with Gasteiger partial charge in [-0.3, -0.25) is 14.7 Å². The number of nitrogens with one attached hydrogen (secondary N) is 1. The fourth-order valence-electron chi connectivity index (χ4n) is 5.55. The third kappa shape index (κ3) is 5.99. The number of amides is 1. The second-order valence-electron chi connectivity index (χ2n) is 9.93. The second-order valence-corrected chi connectivity index (χ2v) is 10.3. The van der Waals surface area contributed by atoms with Crippen molar-refractivity contribution < 1.29 is 9.18 Å². The highest BCUT2D eigenvalue weighted by atomic mass is 35.5. The van der Waals surface area contributed by atoms with E-state index in [1.54, 1.807) is 24.1 Å². The molecule has 2 aromatic rings. The van der Waals surface area contributed by atoms with Crippen molar-refractivity contribution in [2.75, 3.05) is 32.1 Å². The average Bonchev–Trinajstić information content (AvgIpc) is 3.36. The third-order valence-electron chi connectivity index (χ3n) is 7.43. The molecule has 2 atom stereocenters. The first-order chi connectivity index (χ1) is 18.9. The van der Waals surface area contributed by atoms with Crippen LogP contribution in [-0.4, -0.2) is 55.4 Å². The highest BCUT2D eigenvalue weighted by molar-refractivity contribution is 6.33. The molecule has 2 aliphatic carbocycles. The number of hydrogen-bond acceptors (Lipinski definition) is 4. The molecular formula is C31H37ClFN5O. The number of halogens is 2. The van der Waals surface area contributed by atoms with Crippen molar-refractivity contribution in [3.63, 3.8) is 0 Å². The fourth-order valence-corrected chi connectivity index (χ4v) is 5.81. The Morgan fingerprint density at radius 2 is 2.10 bits per heavy atom. The normalized spacial score (nSPS) is 17.7. The van der Waals surface area contributed by atoms with Gasteiger partial charge in [-0.25, -0.2) is 9.37 Å². The van der Waals surface area contributed by atoms with Crippen LogP contribution in [-0.2, 0) is 11.2 Å². The lowest BCUT2D eigenvalue weighted by molar-refractivity contribution is -0.108. The molecule has 39 heavy (non-hydrogen) atoms. The van der Waals surface area contributed by atoms with Crippen molar-refractivity contribution in [2.45, 2.75) is 51.1 Å². The van der Waals surface area contributed by atoms with Crippen LogP contribution in [0.15, 0.2) is 66.0 Å². The molecule has 8 heteroatoms. The molecule has 0 spiro atoms. The molecule has 2 aliphatic rings. The number of pyridine rings is 1. The fraction of sp³-hybridized carbons (Fsp3) is 0.387. The van der Waals surface area contributed by atoms with E-state index in [1.165, 1.54) is 5.56 Å². The van der Waals surface area contributed by atoms with E-state index >= 15 is 0 Å². The predicted molar refractivity (Wildman–Crippen MR) is 159 cm³/mol. The largest absolute Gasteiger partial charge is 0.352 e. The molecule has 0 bridgehead atoms. The van der Waals surface area contributed by atoms with Crippen molar-refractivity contribution in [3.8, 4) is 0 Å². The molecule has 1 N–H and O–H groups in total. The minimum Gasteiger partial charge on any atom is -0.352 e. The molecule has 1 aromatic carbocycles. The Kier molecular flexibility index (Phi) is 9.70. The Bertz CT molecular complexity index is 1300. The maximum absolute atomic E-state index is 15.0. The minimum atomic E-state index is -0.349. The first kappa shape index (κ1) is 28.7. The lowest BCUT2D eigenvalue weighted by atomic mass is 10.0. The Balaban J connectivity index is 1.92. The molecule has 0 fully saturated rings. The van der Waals surface area contributed by atoms with Gasteiger partial charge in [-0.1, -0.05) is 48.0 Å². The number of carbonyl (C=O) groups excluding carboxylic acids is 1. The van der Waals surface area contributed by atoms with Gasteiger partial charge in [0.1, 0.15) is 17.5 Å². The molecule has 1 amide bonds. The predicted octanol–water partition coefficient (Wildman–Crippen LogP) is 6.28. The highest BCUT2D eigenvalue weighted by Gasteiger charge is 2.33. The number of rotatable bonds is 11. The van der Waals surface area contributed by atoms with E-state index in [9.17, 15) is 9.18 Å². The zero-order valence-corrected chi connectivity index (χ0v) is 23.7. The summed E-state index contributed by atoms with van der Waals surface area (Å²) in [7, 11) is 3.64. The van der Waals surface area contributed by atoms with Gasteiger partial charge in [0.05, 0.1) is 22.3 Å².